The van der Waals surface area contributed by atoms with Gasteiger partial charge in [-0.3, -0.25) is 4.79 Å². The Bertz CT molecular complexity index is 610. The number of carbonyl (C=O) groups excluding carboxylic acids is 1. The van der Waals surface area contributed by atoms with Crippen molar-refractivity contribution in [3.05, 3.63) is 29.3 Å². The third-order valence-electron chi connectivity index (χ3n) is 3.45. The van der Waals surface area contributed by atoms with Crippen LogP contribution in [0.4, 0.5) is 0 Å². The predicted octanol–water partition coefficient (Wildman–Crippen LogP) is 0.942. The molecule has 1 heterocycles. The van der Waals surface area contributed by atoms with Crippen LogP contribution in [0.5, 0.6) is 0 Å². The molecule has 1 saturated heterocycles. The summed E-state index contributed by atoms with van der Waals surface area (Å²) < 4.78 is 26.4. The van der Waals surface area contributed by atoms with Gasteiger partial charge in [0.25, 0.3) is 0 Å². The van der Waals surface area contributed by atoms with Crippen molar-refractivity contribution in [2.24, 2.45) is 5.73 Å². The van der Waals surface area contributed by atoms with E-state index in [-0.39, 0.29) is 4.90 Å². The lowest BCUT2D eigenvalue weighted by molar-refractivity contribution is -0.121. The first kappa shape index (κ1) is 14.0. The number of sulfonamides is 1. The van der Waals surface area contributed by atoms with E-state index >= 15 is 0 Å². The quantitative estimate of drug-likeness (QED) is 0.896. The van der Waals surface area contributed by atoms with Crippen LogP contribution < -0.4 is 5.73 Å². The third kappa shape index (κ3) is 2.50. The number of nitrogens with two attached hydrogens (primary N) is 1. The molecule has 0 spiro atoms. The van der Waals surface area contributed by atoms with E-state index in [1.165, 1.54) is 4.31 Å². The van der Waals surface area contributed by atoms with Gasteiger partial charge in [0.05, 0.1) is 4.90 Å². The largest absolute Gasteiger partial charge is 0.368 e. The summed E-state index contributed by atoms with van der Waals surface area (Å²) >= 11 is 0. The highest BCUT2D eigenvalue weighted by Crippen LogP contribution is 2.28. The monoisotopic (exact) mass is 282 g/mol. The average Bonchev–Trinajstić information content (AvgIpc) is 2.77. The molecule has 1 aromatic rings. The van der Waals surface area contributed by atoms with Gasteiger partial charge in [-0.2, -0.15) is 4.31 Å². The number of amides is 1. The molecular weight excluding hydrogens is 264 g/mol. The Kier molecular flexibility index (Phi) is 3.64. The fourth-order valence-corrected chi connectivity index (χ4v) is 4.40. The number of carbonyl (C=O) groups is 1. The van der Waals surface area contributed by atoms with Crippen LogP contribution in [0.1, 0.15) is 24.0 Å². The van der Waals surface area contributed by atoms with E-state index in [9.17, 15) is 13.2 Å². The molecular formula is C13H18N2O3S. The zero-order valence-electron chi connectivity index (χ0n) is 11.1. The molecule has 19 heavy (non-hydrogen) atoms. The lowest BCUT2D eigenvalue weighted by Crippen LogP contribution is -2.43. The summed E-state index contributed by atoms with van der Waals surface area (Å²) in [4.78, 5) is 11.6. The summed E-state index contributed by atoms with van der Waals surface area (Å²) in [6.45, 7) is 4.02. The number of rotatable bonds is 3. The maximum absolute atomic E-state index is 12.6. The van der Waals surface area contributed by atoms with Crippen LogP contribution >= 0.6 is 0 Å². The number of primary amides is 1. The molecule has 104 valence electrons. The maximum atomic E-state index is 12.6. The van der Waals surface area contributed by atoms with E-state index in [0.717, 1.165) is 5.56 Å². The molecule has 0 bridgehead atoms. The molecule has 0 saturated carbocycles. The Balaban J connectivity index is 2.45. The first-order chi connectivity index (χ1) is 8.84. The van der Waals surface area contributed by atoms with Gasteiger partial charge in [-0.15, -0.1) is 0 Å². The molecule has 6 heteroatoms. The van der Waals surface area contributed by atoms with Crippen molar-refractivity contribution in [3.8, 4) is 0 Å². The topological polar surface area (TPSA) is 80.5 Å². The molecule has 2 rings (SSSR count). The minimum absolute atomic E-state index is 0.256. The van der Waals surface area contributed by atoms with E-state index in [2.05, 4.69) is 0 Å². The fourth-order valence-electron chi connectivity index (χ4n) is 2.53. The highest BCUT2D eigenvalue weighted by molar-refractivity contribution is 7.89. The minimum atomic E-state index is -3.65. The van der Waals surface area contributed by atoms with E-state index in [4.69, 9.17) is 5.73 Å². The van der Waals surface area contributed by atoms with Crippen LogP contribution in [-0.4, -0.2) is 31.2 Å². The van der Waals surface area contributed by atoms with Crippen LogP contribution in [-0.2, 0) is 14.8 Å². The van der Waals surface area contributed by atoms with E-state index < -0.39 is 22.0 Å². The number of benzene rings is 1. The van der Waals surface area contributed by atoms with Gasteiger partial charge >= 0.3 is 0 Å². The minimum Gasteiger partial charge on any atom is -0.368 e. The zero-order chi connectivity index (χ0) is 14.2. The fraction of sp³-hybridized carbons (Fsp3) is 0.462. The van der Waals surface area contributed by atoms with Crippen molar-refractivity contribution in [2.75, 3.05) is 6.54 Å². The summed E-state index contributed by atoms with van der Waals surface area (Å²) in [5.74, 6) is -0.578. The second-order valence-corrected chi connectivity index (χ2v) is 6.80. The highest BCUT2D eigenvalue weighted by Gasteiger charge is 2.38. The van der Waals surface area contributed by atoms with Crippen LogP contribution in [0.15, 0.2) is 23.1 Å². The van der Waals surface area contributed by atoms with Crippen LogP contribution in [0.2, 0.25) is 0 Å². The van der Waals surface area contributed by atoms with Crippen LogP contribution in [0.3, 0.4) is 0 Å². The molecule has 1 aromatic carbocycles. The Morgan fingerprint density at radius 3 is 2.63 bits per heavy atom. The molecule has 1 atom stereocenters. The predicted molar refractivity (Wildman–Crippen MR) is 72.0 cm³/mol. The Morgan fingerprint density at radius 1 is 1.37 bits per heavy atom. The molecule has 1 aliphatic rings. The number of aryl methyl sites for hydroxylation is 2. The summed E-state index contributed by atoms with van der Waals surface area (Å²) in [5, 5.41) is 0. The molecule has 1 fully saturated rings. The van der Waals surface area contributed by atoms with E-state index in [0.29, 0.717) is 24.9 Å². The van der Waals surface area contributed by atoms with Crippen molar-refractivity contribution in [2.45, 2.75) is 37.6 Å². The van der Waals surface area contributed by atoms with Crippen molar-refractivity contribution in [1.29, 1.82) is 0 Å². The summed E-state index contributed by atoms with van der Waals surface area (Å²) in [6.07, 6.45) is 1.16. The highest BCUT2D eigenvalue weighted by atomic mass is 32.2. The Labute approximate surface area is 113 Å². The van der Waals surface area contributed by atoms with Crippen molar-refractivity contribution < 1.29 is 13.2 Å². The second-order valence-electron chi connectivity index (χ2n) is 4.95. The molecule has 0 aliphatic carbocycles. The Hall–Kier alpha value is -1.40. The van der Waals surface area contributed by atoms with Gasteiger partial charge in [-0.1, -0.05) is 17.7 Å². The van der Waals surface area contributed by atoms with Crippen molar-refractivity contribution in [3.63, 3.8) is 0 Å². The standard InChI is InChI=1S/C13H18N2O3S/c1-9-5-6-12(10(2)8-9)19(17,18)15-7-3-4-11(15)13(14)16/h5-6,8,11H,3-4,7H2,1-2H3,(H2,14,16). The lowest BCUT2D eigenvalue weighted by atomic mass is 10.2. The van der Waals surface area contributed by atoms with Gasteiger partial charge in [0.2, 0.25) is 15.9 Å². The number of nitrogens with zero attached hydrogens (tertiary/aromatic N) is 1. The first-order valence-electron chi connectivity index (χ1n) is 6.22. The smallest absolute Gasteiger partial charge is 0.244 e. The van der Waals surface area contributed by atoms with Gasteiger partial charge in [0.1, 0.15) is 6.04 Å². The van der Waals surface area contributed by atoms with Crippen molar-refractivity contribution >= 4 is 15.9 Å². The molecule has 1 aliphatic heterocycles. The van der Waals surface area contributed by atoms with Crippen LogP contribution in [0.25, 0.3) is 0 Å². The van der Waals surface area contributed by atoms with Gasteiger partial charge in [-0.05, 0) is 38.3 Å². The molecule has 5 nitrogen and oxygen atoms in total. The van der Waals surface area contributed by atoms with Crippen LogP contribution in [0, 0.1) is 13.8 Å². The molecule has 0 aromatic heterocycles. The summed E-state index contributed by atoms with van der Waals surface area (Å²) in [7, 11) is -3.65. The molecule has 1 amide bonds. The number of hydrogen-bond donors (Lipinski definition) is 1. The van der Waals surface area contributed by atoms with Crippen molar-refractivity contribution in [1.82, 2.24) is 4.31 Å². The van der Waals surface area contributed by atoms with Gasteiger partial charge in [-0.25, -0.2) is 8.42 Å². The average molecular weight is 282 g/mol. The van der Waals surface area contributed by atoms with Gasteiger partial charge in [0.15, 0.2) is 0 Å². The third-order valence-corrected chi connectivity index (χ3v) is 5.52. The summed E-state index contributed by atoms with van der Waals surface area (Å²) in [5.41, 5.74) is 6.97. The molecule has 0 radical (unpaired) electrons. The summed E-state index contributed by atoms with van der Waals surface area (Å²) in [6, 6.07) is 4.46. The normalized spacial score (nSPS) is 20.6. The van der Waals surface area contributed by atoms with E-state index in [1.54, 1.807) is 19.1 Å². The molecule has 2 N–H and O–H groups in total. The number of hydrogen-bond acceptors (Lipinski definition) is 3. The van der Waals surface area contributed by atoms with E-state index in [1.807, 2.05) is 13.0 Å². The maximum Gasteiger partial charge on any atom is 0.244 e. The SMILES string of the molecule is Cc1ccc(S(=O)(=O)N2CCCC2C(N)=O)c(C)c1. The Morgan fingerprint density at radius 2 is 2.05 bits per heavy atom. The molecule has 1 unspecified atom stereocenters. The second kappa shape index (κ2) is 4.94. The first-order valence-corrected chi connectivity index (χ1v) is 7.66. The van der Waals surface area contributed by atoms with Gasteiger partial charge < -0.3 is 5.73 Å². The zero-order valence-corrected chi connectivity index (χ0v) is 11.9. The van der Waals surface area contributed by atoms with Gasteiger partial charge in [0, 0.05) is 6.54 Å². The lowest BCUT2D eigenvalue weighted by Gasteiger charge is -2.22.